The summed E-state index contributed by atoms with van der Waals surface area (Å²) in [5.41, 5.74) is 0. The fourth-order valence-electron chi connectivity index (χ4n) is 2.49. The molecule has 0 radical (unpaired) electrons. The average molecular weight is 305 g/mol. The Hall–Kier alpha value is -0.480. The first-order chi connectivity index (χ1) is 9.04. The fraction of sp³-hybridized carbons (Fsp3) is 0.571. The predicted octanol–water partition coefficient (Wildman–Crippen LogP) is 2.06. The van der Waals surface area contributed by atoms with E-state index in [0.29, 0.717) is 34.6 Å². The van der Waals surface area contributed by atoms with E-state index in [0.717, 1.165) is 19.6 Å². The summed E-state index contributed by atoms with van der Waals surface area (Å²) in [4.78, 5) is 1.51. The van der Waals surface area contributed by atoms with E-state index in [4.69, 9.17) is 32.7 Å². The van der Waals surface area contributed by atoms with Gasteiger partial charge in [0.25, 0.3) is 0 Å². The molecule has 1 heterocycles. The normalized spacial score (nSPS) is 27.3. The minimum absolute atomic E-state index is 0.317. The minimum Gasteiger partial charge on any atom is -0.486 e. The Kier molecular flexibility index (Phi) is 5.34. The maximum atomic E-state index is 6.06. The topological polar surface area (TPSA) is 22.9 Å². The smallest absolute Gasteiger partial charge is 0.138 e. The van der Waals surface area contributed by atoms with Gasteiger partial charge >= 0.3 is 0 Å². The molecule has 1 aromatic rings. The maximum Gasteiger partial charge on any atom is 0.138 e. The Bertz CT molecular complexity index is 418. The number of hydrogen-bond donors (Lipinski definition) is 1. The summed E-state index contributed by atoms with van der Waals surface area (Å²) in [5, 5.41) is 1.19. The van der Waals surface area contributed by atoms with Crippen LogP contribution in [0.3, 0.4) is 0 Å². The monoisotopic (exact) mass is 304 g/mol. The van der Waals surface area contributed by atoms with Crippen LogP contribution < -0.4 is 9.64 Å². The molecule has 0 bridgehead atoms. The first-order valence-corrected chi connectivity index (χ1v) is 7.37. The third kappa shape index (κ3) is 4.53. The van der Waals surface area contributed by atoms with Gasteiger partial charge in [0.1, 0.15) is 44.2 Å². The highest BCUT2D eigenvalue weighted by molar-refractivity contribution is 6.35. The summed E-state index contributed by atoms with van der Waals surface area (Å²) in [6.07, 6.45) is 0.635. The van der Waals surface area contributed by atoms with Crippen molar-refractivity contribution in [2.45, 2.75) is 26.1 Å². The molecule has 3 atom stereocenters. The van der Waals surface area contributed by atoms with Gasteiger partial charge in [-0.1, -0.05) is 23.2 Å². The first kappa shape index (κ1) is 14.9. The quantitative estimate of drug-likeness (QED) is 0.920. The van der Waals surface area contributed by atoms with Gasteiger partial charge in [0.05, 0.1) is 5.02 Å². The standard InChI is InChI=1S/C14H19Cl2NO2/c1-10-8-17(9-11(2)19-10)5-6-18-14-4-3-12(15)7-13(14)16/h3-4,7,10-11H,5-6,8-9H2,1-2H3/p+1/t10-,11+. The second-order valence-corrected chi connectivity index (χ2v) is 5.93. The van der Waals surface area contributed by atoms with Gasteiger partial charge in [-0.05, 0) is 32.0 Å². The van der Waals surface area contributed by atoms with Gasteiger partial charge < -0.3 is 14.4 Å². The molecule has 0 aliphatic carbocycles. The van der Waals surface area contributed by atoms with E-state index >= 15 is 0 Å². The van der Waals surface area contributed by atoms with Crippen LogP contribution in [0.15, 0.2) is 18.2 Å². The molecule has 2 rings (SSSR count). The zero-order chi connectivity index (χ0) is 13.8. The van der Waals surface area contributed by atoms with Crippen LogP contribution in [-0.4, -0.2) is 38.4 Å². The molecule has 19 heavy (non-hydrogen) atoms. The van der Waals surface area contributed by atoms with E-state index in [9.17, 15) is 0 Å². The van der Waals surface area contributed by atoms with Crippen molar-refractivity contribution in [3.05, 3.63) is 28.2 Å². The lowest BCUT2D eigenvalue weighted by Crippen LogP contribution is -3.16. The number of hydrogen-bond acceptors (Lipinski definition) is 2. The molecule has 1 fully saturated rings. The van der Waals surface area contributed by atoms with Crippen molar-refractivity contribution < 1.29 is 14.4 Å². The Morgan fingerprint density at radius 1 is 1.26 bits per heavy atom. The second kappa shape index (κ2) is 6.80. The number of morpholine rings is 1. The molecule has 1 aliphatic heterocycles. The first-order valence-electron chi connectivity index (χ1n) is 6.61. The van der Waals surface area contributed by atoms with Crippen molar-refractivity contribution >= 4 is 23.2 Å². The van der Waals surface area contributed by atoms with Crippen LogP contribution in [0.1, 0.15) is 13.8 Å². The molecule has 1 N–H and O–H groups in total. The molecule has 5 heteroatoms. The molecular formula is C14H20Cl2NO2+. The lowest BCUT2D eigenvalue weighted by molar-refractivity contribution is -0.915. The van der Waals surface area contributed by atoms with E-state index in [1.165, 1.54) is 4.90 Å². The zero-order valence-corrected chi connectivity index (χ0v) is 12.8. The second-order valence-electron chi connectivity index (χ2n) is 5.09. The average Bonchev–Trinajstić information content (AvgIpc) is 2.30. The van der Waals surface area contributed by atoms with Crippen LogP contribution >= 0.6 is 23.2 Å². The molecule has 3 nitrogen and oxygen atoms in total. The van der Waals surface area contributed by atoms with Crippen molar-refractivity contribution in [2.24, 2.45) is 0 Å². The summed E-state index contributed by atoms with van der Waals surface area (Å²) < 4.78 is 11.4. The molecule has 1 aliphatic rings. The van der Waals surface area contributed by atoms with Gasteiger partial charge in [0.15, 0.2) is 0 Å². The zero-order valence-electron chi connectivity index (χ0n) is 11.3. The minimum atomic E-state index is 0.317. The highest BCUT2D eigenvalue weighted by Gasteiger charge is 2.25. The molecule has 1 unspecified atom stereocenters. The summed E-state index contributed by atoms with van der Waals surface area (Å²) >= 11 is 11.9. The van der Waals surface area contributed by atoms with Crippen LogP contribution in [0.5, 0.6) is 5.75 Å². The molecule has 0 amide bonds. The van der Waals surface area contributed by atoms with Crippen molar-refractivity contribution in [1.29, 1.82) is 0 Å². The molecule has 0 saturated carbocycles. The summed E-state index contributed by atoms with van der Waals surface area (Å²) in [6, 6.07) is 5.29. The van der Waals surface area contributed by atoms with Gasteiger partial charge in [0, 0.05) is 5.02 Å². The summed E-state index contributed by atoms with van der Waals surface area (Å²) in [7, 11) is 0. The Labute approximate surface area is 124 Å². The number of benzene rings is 1. The SMILES string of the molecule is C[C@@H]1C[NH+](CCOc2ccc(Cl)cc2Cl)C[C@H](C)O1. The van der Waals surface area contributed by atoms with Crippen LogP contribution in [0.2, 0.25) is 10.0 Å². The van der Waals surface area contributed by atoms with Crippen molar-refractivity contribution in [1.82, 2.24) is 0 Å². The lowest BCUT2D eigenvalue weighted by atomic mass is 10.2. The van der Waals surface area contributed by atoms with Gasteiger partial charge in [0.2, 0.25) is 0 Å². The maximum absolute atomic E-state index is 6.06. The van der Waals surface area contributed by atoms with E-state index in [1.54, 1.807) is 12.1 Å². The Morgan fingerprint density at radius 2 is 1.95 bits per heavy atom. The Balaban J connectivity index is 1.80. The third-order valence-corrected chi connectivity index (χ3v) is 3.75. The number of ether oxygens (including phenoxy) is 2. The van der Waals surface area contributed by atoms with Crippen LogP contribution in [0, 0.1) is 0 Å². The fourth-order valence-corrected chi connectivity index (χ4v) is 2.95. The highest BCUT2D eigenvalue weighted by Crippen LogP contribution is 2.27. The lowest BCUT2D eigenvalue weighted by Gasteiger charge is -2.32. The number of nitrogens with one attached hydrogen (secondary N) is 1. The Morgan fingerprint density at radius 3 is 2.58 bits per heavy atom. The van der Waals surface area contributed by atoms with Crippen LogP contribution in [0.4, 0.5) is 0 Å². The van der Waals surface area contributed by atoms with E-state index in [1.807, 2.05) is 6.07 Å². The van der Waals surface area contributed by atoms with E-state index in [2.05, 4.69) is 13.8 Å². The van der Waals surface area contributed by atoms with E-state index in [-0.39, 0.29) is 0 Å². The van der Waals surface area contributed by atoms with Gasteiger partial charge in [-0.2, -0.15) is 0 Å². The molecule has 0 spiro atoms. The van der Waals surface area contributed by atoms with Crippen LogP contribution in [-0.2, 0) is 4.74 Å². The van der Waals surface area contributed by atoms with E-state index < -0.39 is 0 Å². The van der Waals surface area contributed by atoms with Crippen molar-refractivity contribution in [3.63, 3.8) is 0 Å². The van der Waals surface area contributed by atoms with Gasteiger partial charge in [-0.25, -0.2) is 0 Å². The third-order valence-electron chi connectivity index (χ3n) is 3.22. The van der Waals surface area contributed by atoms with Gasteiger partial charge in [-0.3, -0.25) is 0 Å². The number of rotatable bonds is 4. The molecule has 1 saturated heterocycles. The molecule has 106 valence electrons. The largest absolute Gasteiger partial charge is 0.486 e. The predicted molar refractivity (Wildman–Crippen MR) is 77.5 cm³/mol. The van der Waals surface area contributed by atoms with Crippen molar-refractivity contribution in [2.75, 3.05) is 26.2 Å². The van der Waals surface area contributed by atoms with Crippen LogP contribution in [0.25, 0.3) is 0 Å². The molecule has 1 aromatic carbocycles. The molecular weight excluding hydrogens is 285 g/mol. The molecule has 0 aromatic heterocycles. The number of halogens is 2. The van der Waals surface area contributed by atoms with Gasteiger partial charge in [-0.15, -0.1) is 0 Å². The number of quaternary nitrogens is 1. The van der Waals surface area contributed by atoms with Crippen molar-refractivity contribution in [3.8, 4) is 5.75 Å². The summed E-state index contributed by atoms with van der Waals surface area (Å²) in [5.74, 6) is 0.694. The summed E-state index contributed by atoms with van der Waals surface area (Å²) in [6.45, 7) is 7.90. The highest BCUT2D eigenvalue weighted by atomic mass is 35.5.